The van der Waals surface area contributed by atoms with Gasteiger partial charge < -0.3 is 4.74 Å². The Morgan fingerprint density at radius 3 is 2.06 bits per heavy atom. The van der Waals surface area contributed by atoms with Crippen LogP contribution in [0, 0.1) is 0 Å². The number of allylic oxidation sites excluding steroid dienone is 2. The van der Waals surface area contributed by atoms with Crippen LogP contribution in [0.5, 0.6) is 0 Å². The van der Waals surface area contributed by atoms with Gasteiger partial charge in [0.1, 0.15) is 0 Å². The van der Waals surface area contributed by atoms with E-state index in [0.29, 0.717) is 11.1 Å². The van der Waals surface area contributed by atoms with E-state index in [-0.39, 0.29) is 11.6 Å². The number of hydrogen-bond acceptors (Lipinski definition) is 2. The smallest absolute Gasteiger partial charge is 0.410 e. The van der Waals surface area contributed by atoms with E-state index in [1.807, 2.05) is 0 Å². The number of ether oxygens (including phenoxy) is 1. The fraction of sp³-hybridized carbons (Fsp3) is 0.250. The molecule has 0 aromatic heterocycles. The molecule has 1 rings (SSSR count). The van der Waals surface area contributed by atoms with E-state index in [1.165, 1.54) is 38.3 Å². The number of rotatable bonds is 2. The Morgan fingerprint density at radius 1 is 1.18 bits per heavy atom. The fourth-order valence-corrected chi connectivity index (χ4v) is 1.32. The molecule has 1 aromatic carbocycles. The van der Waals surface area contributed by atoms with Crippen LogP contribution < -0.4 is 0 Å². The topological polar surface area (TPSA) is 26.3 Å². The molecule has 0 aliphatic carbocycles. The summed E-state index contributed by atoms with van der Waals surface area (Å²) in [6, 6.07) is 5.75. The number of halogens is 3. The number of alkyl halides is 3. The molecule has 5 heteroatoms. The summed E-state index contributed by atoms with van der Waals surface area (Å²) < 4.78 is 40.8. The van der Waals surface area contributed by atoms with E-state index >= 15 is 0 Å². The van der Waals surface area contributed by atoms with Gasteiger partial charge in [-0.2, -0.15) is 13.2 Å². The van der Waals surface area contributed by atoms with Crippen LogP contribution >= 0.6 is 0 Å². The average molecular weight is 244 g/mol. The molecule has 0 heterocycles. The maximum Gasteiger partial charge on any atom is 0.410 e. The summed E-state index contributed by atoms with van der Waals surface area (Å²) in [4.78, 5) is 11.1. The molecule has 0 bridgehead atoms. The molecule has 0 saturated heterocycles. The number of hydrogen-bond donors (Lipinski definition) is 0. The van der Waals surface area contributed by atoms with Crippen LogP contribution in [0.25, 0.3) is 5.57 Å². The Hall–Kier alpha value is -1.78. The number of esters is 1. The first-order valence-corrected chi connectivity index (χ1v) is 4.78. The van der Waals surface area contributed by atoms with Crippen LogP contribution in [-0.2, 0) is 4.74 Å². The molecule has 92 valence electrons. The van der Waals surface area contributed by atoms with Crippen molar-refractivity contribution in [3.05, 3.63) is 41.5 Å². The zero-order chi connectivity index (χ0) is 13.1. The standard InChI is InChI=1S/C12H11F3O2/c1-8(7-12(13,14)15)9-3-5-10(6-4-9)11(16)17-2/h3-7H,1-2H3/b8-7+. The Bertz CT molecular complexity index is 430. The van der Waals surface area contributed by atoms with E-state index in [9.17, 15) is 18.0 Å². The molecular weight excluding hydrogens is 233 g/mol. The minimum atomic E-state index is -4.34. The summed E-state index contributed by atoms with van der Waals surface area (Å²) in [5.74, 6) is -0.519. The molecule has 0 N–H and O–H groups in total. The van der Waals surface area contributed by atoms with Crippen LogP contribution in [0.2, 0.25) is 0 Å². The van der Waals surface area contributed by atoms with Gasteiger partial charge in [-0.1, -0.05) is 12.1 Å². The van der Waals surface area contributed by atoms with Crippen LogP contribution in [0.3, 0.4) is 0 Å². The SMILES string of the molecule is COC(=O)c1ccc(/C(C)=C/C(F)(F)F)cc1. The third kappa shape index (κ3) is 3.94. The molecular formula is C12H11F3O2. The Morgan fingerprint density at radius 2 is 1.65 bits per heavy atom. The lowest BCUT2D eigenvalue weighted by atomic mass is 10.1. The van der Waals surface area contributed by atoms with E-state index in [1.54, 1.807) is 0 Å². The number of carbonyl (C=O) groups excluding carboxylic acids is 1. The van der Waals surface area contributed by atoms with E-state index in [2.05, 4.69) is 4.74 Å². The van der Waals surface area contributed by atoms with Crippen molar-refractivity contribution >= 4 is 11.5 Å². The van der Waals surface area contributed by atoms with Gasteiger partial charge in [0, 0.05) is 6.08 Å². The van der Waals surface area contributed by atoms with Crippen molar-refractivity contribution in [1.82, 2.24) is 0 Å². The maximum absolute atomic E-state index is 12.1. The molecule has 0 unspecified atom stereocenters. The van der Waals surface area contributed by atoms with Crippen LogP contribution in [-0.4, -0.2) is 19.3 Å². The predicted molar refractivity (Wildman–Crippen MR) is 57.5 cm³/mol. The minimum Gasteiger partial charge on any atom is -0.465 e. The molecule has 2 nitrogen and oxygen atoms in total. The maximum atomic E-state index is 12.1. The van der Waals surface area contributed by atoms with Crippen LogP contribution in [0.4, 0.5) is 13.2 Å². The van der Waals surface area contributed by atoms with E-state index < -0.39 is 12.1 Å². The highest BCUT2D eigenvalue weighted by Crippen LogP contribution is 2.23. The van der Waals surface area contributed by atoms with Gasteiger partial charge in [0.15, 0.2) is 0 Å². The molecule has 0 saturated carbocycles. The Kier molecular flexibility index (Phi) is 3.93. The van der Waals surface area contributed by atoms with Gasteiger partial charge in [-0.3, -0.25) is 0 Å². The highest BCUT2D eigenvalue weighted by Gasteiger charge is 2.23. The van der Waals surface area contributed by atoms with E-state index in [0.717, 1.165) is 0 Å². The van der Waals surface area contributed by atoms with Crippen molar-refractivity contribution < 1.29 is 22.7 Å². The lowest BCUT2D eigenvalue weighted by Crippen LogP contribution is -2.03. The van der Waals surface area contributed by atoms with Gasteiger partial charge in [-0.15, -0.1) is 0 Å². The highest BCUT2D eigenvalue weighted by molar-refractivity contribution is 5.89. The van der Waals surface area contributed by atoms with Gasteiger partial charge >= 0.3 is 12.1 Å². The number of carbonyl (C=O) groups is 1. The molecule has 0 amide bonds. The summed E-state index contributed by atoms with van der Waals surface area (Å²) in [7, 11) is 1.24. The fourth-order valence-electron chi connectivity index (χ4n) is 1.32. The first-order valence-electron chi connectivity index (χ1n) is 4.78. The number of benzene rings is 1. The van der Waals surface area contributed by atoms with Gasteiger partial charge in [-0.05, 0) is 30.2 Å². The molecule has 0 aliphatic heterocycles. The second kappa shape index (κ2) is 5.03. The molecule has 1 aromatic rings. The summed E-state index contributed by atoms with van der Waals surface area (Å²) in [5.41, 5.74) is 0.806. The molecule has 0 aliphatic rings. The quantitative estimate of drug-likeness (QED) is 0.745. The lowest BCUT2D eigenvalue weighted by molar-refractivity contribution is -0.0793. The normalized spacial score (nSPS) is 12.4. The molecule has 0 radical (unpaired) electrons. The molecule has 17 heavy (non-hydrogen) atoms. The summed E-state index contributed by atoms with van der Waals surface area (Å²) in [6.07, 6.45) is -4.12. The first kappa shape index (κ1) is 13.3. The Balaban J connectivity index is 2.96. The largest absolute Gasteiger partial charge is 0.465 e. The second-order valence-corrected chi connectivity index (χ2v) is 3.44. The van der Waals surface area contributed by atoms with Crippen molar-refractivity contribution in [2.45, 2.75) is 13.1 Å². The van der Waals surface area contributed by atoms with Gasteiger partial charge in [0.05, 0.1) is 12.7 Å². The lowest BCUT2D eigenvalue weighted by Gasteiger charge is -2.05. The van der Waals surface area contributed by atoms with Crippen molar-refractivity contribution in [3.8, 4) is 0 Å². The van der Waals surface area contributed by atoms with Crippen molar-refractivity contribution in [2.75, 3.05) is 7.11 Å². The minimum absolute atomic E-state index is 0.0916. The third-order valence-corrected chi connectivity index (χ3v) is 2.14. The van der Waals surface area contributed by atoms with Crippen molar-refractivity contribution in [3.63, 3.8) is 0 Å². The third-order valence-electron chi connectivity index (χ3n) is 2.14. The Labute approximate surface area is 96.7 Å². The zero-order valence-electron chi connectivity index (χ0n) is 9.34. The van der Waals surface area contributed by atoms with Crippen molar-refractivity contribution in [1.29, 1.82) is 0 Å². The van der Waals surface area contributed by atoms with Gasteiger partial charge in [-0.25, -0.2) is 4.79 Å². The molecule has 0 spiro atoms. The average Bonchev–Trinajstić information content (AvgIpc) is 2.26. The second-order valence-electron chi connectivity index (χ2n) is 3.44. The predicted octanol–water partition coefficient (Wildman–Crippen LogP) is 3.44. The van der Waals surface area contributed by atoms with Crippen LogP contribution in [0.1, 0.15) is 22.8 Å². The molecule has 0 fully saturated rings. The van der Waals surface area contributed by atoms with Gasteiger partial charge in [0.2, 0.25) is 0 Å². The highest BCUT2D eigenvalue weighted by atomic mass is 19.4. The van der Waals surface area contributed by atoms with E-state index in [4.69, 9.17) is 0 Å². The summed E-state index contributed by atoms with van der Waals surface area (Å²) in [5, 5.41) is 0. The number of methoxy groups -OCH3 is 1. The van der Waals surface area contributed by atoms with Crippen molar-refractivity contribution in [2.24, 2.45) is 0 Å². The van der Waals surface area contributed by atoms with Crippen LogP contribution in [0.15, 0.2) is 30.3 Å². The monoisotopic (exact) mass is 244 g/mol. The molecule has 0 atom stereocenters. The first-order chi connectivity index (χ1) is 7.83. The zero-order valence-corrected chi connectivity index (χ0v) is 9.34. The van der Waals surface area contributed by atoms with Gasteiger partial charge in [0.25, 0.3) is 0 Å². The summed E-state index contributed by atoms with van der Waals surface area (Å²) in [6.45, 7) is 1.36. The summed E-state index contributed by atoms with van der Waals surface area (Å²) >= 11 is 0.